The molecule has 332 valence electrons. The number of ether oxygens (including phenoxy) is 2. The minimum atomic E-state index is -0.588. The summed E-state index contributed by atoms with van der Waals surface area (Å²) in [6.07, 6.45) is 4.48. The van der Waals surface area contributed by atoms with Crippen LogP contribution < -0.4 is 5.32 Å². The minimum absolute atomic E-state index is 0.0110. The Balaban J connectivity index is 1.82. The number of thiazole rings is 1. The molecular formula is C47H77N5O6S. The zero-order valence-corrected chi connectivity index (χ0v) is 39.5. The van der Waals surface area contributed by atoms with Gasteiger partial charge < -0.3 is 24.6 Å². The standard InChI is InChI=1S/C47H77N5O6S/c1-15-31(5)35(28-38(53)41(30(3)4)51(12)47(8,9)10)46(56)50(11)42(32(6)16-2)39(57-13)29-40(54)52-25-20-23-37(52)43(58-14)33(7)44(55)49-36(45-48-24-26-59-45)27-34-21-18-17-19-22-34/h17-19,21-22,24,26,30-33,35-37,39,41-43H,15-16,20,23,25,27-29H2,1-14H3,(H,49,55)/t31-,32-,33+,35-,36-,37-,39+,41-,42-,43+/m0/s1. The number of carbonyl (C=O) groups is 4. The molecular weight excluding hydrogens is 763 g/mol. The number of likely N-dealkylation sites (N-methyl/N-ethyl adjacent to an activating group) is 2. The molecule has 2 heterocycles. The Hall–Kier alpha value is -3.19. The van der Waals surface area contributed by atoms with Gasteiger partial charge in [0.15, 0.2) is 5.78 Å². The maximum absolute atomic E-state index is 14.7. The number of carbonyl (C=O) groups excluding carboxylic acids is 4. The molecule has 1 aliphatic heterocycles. The highest BCUT2D eigenvalue weighted by Crippen LogP contribution is 2.33. The number of likely N-dealkylation sites (tertiary alicyclic amines) is 1. The average molecular weight is 840 g/mol. The number of aromatic nitrogens is 1. The molecule has 0 unspecified atom stereocenters. The highest BCUT2D eigenvalue weighted by Gasteiger charge is 2.44. The maximum atomic E-state index is 14.7. The van der Waals surface area contributed by atoms with Crippen molar-refractivity contribution >= 4 is 34.8 Å². The molecule has 59 heavy (non-hydrogen) atoms. The van der Waals surface area contributed by atoms with Crippen LogP contribution in [0.5, 0.6) is 0 Å². The summed E-state index contributed by atoms with van der Waals surface area (Å²) in [5.41, 5.74) is 0.881. The number of hydrogen-bond donors (Lipinski definition) is 1. The number of methoxy groups -OCH3 is 2. The third-order valence-corrected chi connectivity index (χ3v) is 14.0. The SMILES string of the molecule is CC[C@H](C)[C@@H]([C@@H](CC(=O)N1CCC[C@H]1[C@H](OC)[C@@H](C)C(=O)N[C@@H](Cc1ccccc1)c1nccs1)OC)N(C)C(=O)[C@@H](CC(=O)[C@H](C(C)C)N(C)C(C)(C)C)[C@@H](C)CC. The molecule has 1 fully saturated rings. The van der Waals surface area contributed by atoms with Crippen molar-refractivity contribution in [2.24, 2.45) is 29.6 Å². The van der Waals surface area contributed by atoms with Crippen molar-refractivity contribution in [3.8, 4) is 0 Å². The van der Waals surface area contributed by atoms with E-state index in [0.29, 0.717) is 19.4 Å². The molecule has 0 spiro atoms. The van der Waals surface area contributed by atoms with Gasteiger partial charge in [0.05, 0.1) is 48.7 Å². The summed E-state index contributed by atoms with van der Waals surface area (Å²) in [4.78, 5) is 67.5. The summed E-state index contributed by atoms with van der Waals surface area (Å²) >= 11 is 1.51. The Morgan fingerprint density at radius 3 is 2.12 bits per heavy atom. The fraction of sp³-hybridized carbons (Fsp3) is 0.723. The summed E-state index contributed by atoms with van der Waals surface area (Å²) in [6, 6.07) is 8.71. The number of benzene rings is 1. The highest BCUT2D eigenvalue weighted by molar-refractivity contribution is 7.09. The number of amides is 3. The van der Waals surface area contributed by atoms with Gasteiger partial charge >= 0.3 is 0 Å². The van der Waals surface area contributed by atoms with E-state index in [2.05, 4.69) is 77.5 Å². The lowest BCUT2D eigenvalue weighted by Crippen LogP contribution is -2.55. The summed E-state index contributed by atoms with van der Waals surface area (Å²) in [7, 11) is 7.03. The van der Waals surface area contributed by atoms with E-state index < -0.39 is 30.1 Å². The molecule has 3 rings (SSSR count). The largest absolute Gasteiger partial charge is 0.379 e. The van der Waals surface area contributed by atoms with Gasteiger partial charge in [-0.05, 0) is 70.4 Å². The molecule has 12 heteroatoms. The van der Waals surface area contributed by atoms with E-state index in [1.54, 1.807) is 25.3 Å². The van der Waals surface area contributed by atoms with Crippen LogP contribution in [0.3, 0.4) is 0 Å². The number of Topliss-reactive ketones (excluding diaryl/α,β-unsaturated/α-hetero) is 1. The van der Waals surface area contributed by atoms with E-state index in [4.69, 9.17) is 9.47 Å². The molecule has 0 saturated carbocycles. The molecule has 1 N–H and O–H groups in total. The lowest BCUT2D eigenvalue weighted by molar-refractivity contribution is -0.149. The van der Waals surface area contributed by atoms with Crippen molar-refractivity contribution < 1.29 is 28.7 Å². The summed E-state index contributed by atoms with van der Waals surface area (Å²) in [6.45, 7) is 21.2. The fourth-order valence-corrected chi connectivity index (χ4v) is 9.62. The Morgan fingerprint density at radius 1 is 0.949 bits per heavy atom. The Bertz CT molecular complexity index is 1600. The van der Waals surface area contributed by atoms with E-state index in [0.717, 1.165) is 29.8 Å². The van der Waals surface area contributed by atoms with Crippen molar-refractivity contribution in [1.29, 1.82) is 0 Å². The molecule has 1 aliphatic rings. The van der Waals surface area contributed by atoms with Gasteiger partial charge in [-0.15, -0.1) is 11.3 Å². The molecule has 0 aliphatic carbocycles. The highest BCUT2D eigenvalue weighted by atomic mass is 32.1. The maximum Gasteiger partial charge on any atom is 0.226 e. The van der Waals surface area contributed by atoms with E-state index in [9.17, 15) is 19.2 Å². The molecule has 11 nitrogen and oxygen atoms in total. The second-order valence-corrected chi connectivity index (χ2v) is 19.3. The van der Waals surface area contributed by atoms with E-state index in [-0.39, 0.29) is 77.8 Å². The van der Waals surface area contributed by atoms with Crippen LogP contribution >= 0.6 is 11.3 Å². The first kappa shape index (κ1) is 50.2. The zero-order chi connectivity index (χ0) is 44.2. The van der Waals surface area contributed by atoms with Crippen LogP contribution in [0.2, 0.25) is 0 Å². The van der Waals surface area contributed by atoms with Gasteiger partial charge in [0.1, 0.15) is 5.01 Å². The summed E-state index contributed by atoms with van der Waals surface area (Å²) in [5.74, 6) is -1.24. The van der Waals surface area contributed by atoms with Gasteiger partial charge in [-0.2, -0.15) is 0 Å². The lowest BCUT2D eigenvalue weighted by atomic mass is 9.81. The van der Waals surface area contributed by atoms with Gasteiger partial charge in [-0.1, -0.05) is 91.6 Å². The Labute approximate surface area is 360 Å². The van der Waals surface area contributed by atoms with Crippen LogP contribution in [0.1, 0.15) is 124 Å². The van der Waals surface area contributed by atoms with Gasteiger partial charge in [0, 0.05) is 57.3 Å². The predicted molar refractivity (Wildman–Crippen MR) is 238 cm³/mol. The minimum Gasteiger partial charge on any atom is -0.379 e. The first-order valence-corrected chi connectivity index (χ1v) is 22.8. The normalized spacial score (nSPS) is 19.4. The molecule has 0 bridgehead atoms. The molecule has 1 saturated heterocycles. The van der Waals surface area contributed by atoms with Crippen LogP contribution in [-0.4, -0.2) is 114 Å². The smallest absolute Gasteiger partial charge is 0.226 e. The van der Waals surface area contributed by atoms with E-state index >= 15 is 0 Å². The Morgan fingerprint density at radius 2 is 1.59 bits per heavy atom. The van der Waals surface area contributed by atoms with Crippen molar-refractivity contribution in [3.05, 3.63) is 52.5 Å². The Kier molecular flexibility index (Phi) is 19.7. The van der Waals surface area contributed by atoms with Crippen LogP contribution in [0.25, 0.3) is 0 Å². The number of hydrogen-bond acceptors (Lipinski definition) is 9. The number of nitrogens with zero attached hydrogens (tertiary/aromatic N) is 4. The summed E-state index contributed by atoms with van der Waals surface area (Å²) in [5, 5.41) is 6.00. The predicted octanol–water partition coefficient (Wildman–Crippen LogP) is 7.84. The van der Waals surface area contributed by atoms with Crippen LogP contribution in [0.15, 0.2) is 41.9 Å². The topological polar surface area (TPSA) is 121 Å². The number of nitrogens with one attached hydrogen (secondary N) is 1. The quantitative estimate of drug-likeness (QED) is 0.120. The van der Waals surface area contributed by atoms with Crippen molar-refractivity contribution in [2.75, 3.05) is 34.9 Å². The second-order valence-electron chi connectivity index (χ2n) is 18.3. The molecule has 10 atom stereocenters. The first-order chi connectivity index (χ1) is 27.8. The second kappa shape index (κ2) is 23.1. The fourth-order valence-electron chi connectivity index (χ4n) is 8.93. The zero-order valence-electron chi connectivity index (χ0n) is 38.7. The van der Waals surface area contributed by atoms with Crippen molar-refractivity contribution in [3.63, 3.8) is 0 Å². The molecule has 3 amide bonds. The van der Waals surface area contributed by atoms with Gasteiger partial charge in [0.2, 0.25) is 17.7 Å². The van der Waals surface area contributed by atoms with Crippen LogP contribution in [0, 0.1) is 29.6 Å². The van der Waals surface area contributed by atoms with Crippen LogP contribution in [-0.2, 0) is 35.1 Å². The molecule has 2 aromatic rings. The average Bonchev–Trinajstić information content (AvgIpc) is 3.92. The summed E-state index contributed by atoms with van der Waals surface area (Å²) < 4.78 is 12.2. The molecule has 1 aromatic carbocycles. The number of rotatable bonds is 23. The van der Waals surface area contributed by atoms with Crippen molar-refractivity contribution in [1.82, 2.24) is 25.0 Å². The van der Waals surface area contributed by atoms with Gasteiger partial charge in [0.25, 0.3) is 0 Å². The lowest BCUT2D eigenvalue weighted by Gasteiger charge is -2.42. The molecule has 1 aromatic heterocycles. The van der Waals surface area contributed by atoms with Crippen molar-refractivity contribution in [2.45, 2.75) is 156 Å². The third-order valence-electron chi connectivity index (χ3n) is 13.1. The van der Waals surface area contributed by atoms with Gasteiger partial charge in [-0.3, -0.25) is 24.1 Å². The third kappa shape index (κ3) is 13.2. The van der Waals surface area contributed by atoms with E-state index in [1.807, 2.05) is 61.6 Å². The number of ketones is 1. The first-order valence-electron chi connectivity index (χ1n) is 21.9. The van der Waals surface area contributed by atoms with E-state index in [1.165, 1.54) is 11.3 Å². The monoisotopic (exact) mass is 840 g/mol. The van der Waals surface area contributed by atoms with Crippen LogP contribution in [0.4, 0.5) is 0 Å². The van der Waals surface area contributed by atoms with Gasteiger partial charge in [-0.25, -0.2) is 4.98 Å². The molecule has 0 radical (unpaired) electrons.